The van der Waals surface area contributed by atoms with Crippen molar-refractivity contribution in [3.05, 3.63) is 42.0 Å². The normalized spacial score (nSPS) is 13.4. The van der Waals surface area contributed by atoms with E-state index in [2.05, 4.69) is 11.3 Å². The van der Waals surface area contributed by atoms with Crippen LogP contribution in [0.3, 0.4) is 0 Å². The van der Waals surface area contributed by atoms with Gasteiger partial charge in [0.2, 0.25) is 0 Å². The summed E-state index contributed by atoms with van der Waals surface area (Å²) in [4.78, 5) is 0. The Balaban J connectivity index is 2.74. The van der Waals surface area contributed by atoms with Crippen LogP contribution in [0.25, 0.3) is 0 Å². The fraction of sp³-hybridized carbons (Fsp3) is 0.385. The van der Waals surface area contributed by atoms with Gasteiger partial charge in [-0.05, 0) is 31.0 Å². The molecular formula is C13H15F4NO. The average Bonchev–Trinajstić information content (AvgIpc) is 2.28. The zero-order valence-corrected chi connectivity index (χ0v) is 10.4. The second-order valence-electron chi connectivity index (χ2n) is 4.30. The van der Waals surface area contributed by atoms with Crippen LogP contribution in [-0.2, 0) is 0 Å². The Morgan fingerprint density at radius 2 is 1.84 bits per heavy atom. The van der Waals surface area contributed by atoms with E-state index in [1.807, 2.05) is 6.92 Å². The van der Waals surface area contributed by atoms with Crippen LogP contribution in [0.2, 0.25) is 0 Å². The molecule has 0 bridgehead atoms. The molecule has 0 amide bonds. The molecule has 0 heterocycles. The van der Waals surface area contributed by atoms with Gasteiger partial charge in [-0.1, -0.05) is 17.7 Å². The van der Waals surface area contributed by atoms with Crippen molar-refractivity contribution in [1.29, 1.82) is 0 Å². The van der Waals surface area contributed by atoms with Crippen LogP contribution in [0.1, 0.15) is 24.9 Å². The monoisotopic (exact) mass is 277 g/mol. The van der Waals surface area contributed by atoms with E-state index >= 15 is 0 Å². The molecule has 2 nitrogen and oxygen atoms in total. The van der Waals surface area contributed by atoms with Crippen LogP contribution >= 0.6 is 0 Å². The maximum Gasteiger partial charge on any atom is 0.461 e. The molecule has 6 heteroatoms. The number of alkyl halides is 4. The van der Waals surface area contributed by atoms with E-state index < -0.39 is 12.5 Å². The highest BCUT2D eigenvalue weighted by molar-refractivity contribution is 5.29. The average molecular weight is 277 g/mol. The van der Waals surface area contributed by atoms with Crippen molar-refractivity contribution < 1.29 is 22.3 Å². The van der Waals surface area contributed by atoms with Crippen molar-refractivity contribution in [2.75, 3.05) is 0 Å². The lowest BCUT2D eigenvalue weighted by Crippen LogP contribution is -2.33. The lowest BCUT2D eigenvalue weighted by atomic mass is 10.0. The SMILES string of the molecule is C=C(C)C[C@@H](N)c1ccc(OC(F)(F)C(F)F)cc1. The first-order valence-corrected chi connectivity index (χ1v) is 5.57. The highest BCUT2D eigenvalue weighted by Gasteiger charge is 2.43. The first-order chi connectivity index (χ1) is 8.72. The Kier molecular flexibility index (Phi) is 4.94. The van der Waals surface area contributed by atoms with E-state index in [4.69, 9.17) is 5.73 Å². The van der Waals surface area contributed by atoms with Gasteiger partial charge in [-0.3, -0.25) is 0 Å². The van der Waals surface area contributed by atoms with E-state index in [0.717, 1.165) is 5.57 Å². The zero-order chi connectivity index (χ0) is 14.6. The Bertz CT molecular complexity index is 431. The molecule has 2 N–H and O–H groups in total. The van der Waals surface area contributed by atoms with Crippen LogP contribution in [0.15, 0.2) is 36.4 Å². The smallest absolute Gasteiger partial charge is 0.428 e. The predicted octanol–water partition coefficient (Wildman–Crippen LogP) is 3.89. The molecule has 0 aliphatic heterocycles. The summed E-state index contributed by atoms with van der Waals surface area (Å²) < 4.78 is 53.1. The number of rotatable bonds is 6. The van der Waals surface area contributed by atoms with Crippen molar-refractivity contribution in [3.63, 3.8) is 0 Å². The minimum absolute atomic E-state index is 0.317. The lowest BCUT2D eigenvalue weighted by molar-refractivity contribution is -0.253. The molecule has 0 radical (unpaired) electrons. The van der Waals surface area contributed by atoms with Gasteiger partial charge in [-0.2, -0.15) is 17.6 Å². The first kappa shape index (κ1) is 15.5. The Hall–Kier alpha value is -1.56. The molecule has 0 fully saturated rings. The summed E-state index contributed by atoms with van der Waals surface area (Å²) in [6.07, 6.45) is -7.83. The quantitative estimate of drug-likeness (QED) is 0.632. The van der Waals surface area contributed by atoms with Crippen LogP contribution in [0.5, 0.6) is 5.75 Å². The first-order valence-electron chi connectivity index (χ1n) is 5.57. The number of hydrogen-bond donors (Lipinski definition) is 1. The molecule has 0 aliphatic rings. The number of benzene rings is 1. The van der Waals surface area contributed by atoms with E-state index in [0.29, 0.717) is 12.0 Å². The topological polar surface area (TPSA) is 35.2 Å². The van der Waals surface area contributed by atoms with Crippen LogP contribution in [0.4, 0.5) is 17.6 Å². The summed E-state index contributed by atoms with van der Waals surface area (Å²) in [5.74, 6) is -0.337. The van der Waals surface area contributed by atoms with Gasteiger partial charge in [0.25, 0.3) is 0 Å². The molecule has 1 aromatic carbocycles. The number of nitrogens with two attached hydrogens (primary N) is 1. The summed E-state index contributed by atoms with van der Waals surface area (Å²) in [6, 6.07) is 4.98. The molecule has 1 atom stereocenters. The maximum absolute atomic E-state index is 12.7. The highest BCUT2D eigenvalue weighted by atomic mass is 19.3. The second-order valence-corrected chi connectivity index (χ2v) is 4.30. The van der Waals surface area contributed by atoms with Gasteiger partial charge in [0.05, 0.1) is 0 Å². The minimum atomic E-state index is -4.50. The third-order valence-electron chi connectivity index (χ3n) is 2.38. The van der Waals surface area contributed by atoms with Crippen LogP contribution in [0, 0.1) is 0 Å². The molecule has 0 saturated carbocycles. The molecule has 1 aromatic rings. The summed E-state index contributed by atoms with van der Waals surface area (Å²) >= 11 is 0. The molecule has 0 saturated heterocycles. The number of hydrogen-bond acceptors (Lipinski definition) is 2. The zero-order valence-electron chi connectivity index (χ0n) is 10.4. The molecule has 1 rings (SSSR count). The largest absolute Gasteiger partial charge is 0.461 e. The van der Waals surface area contributed by atoms with Crippen molar-refractivity contribution in [2.45, 2.75) is 31.9 Å². The Morgan fingerprint density at radius 1 is 1.32 bits per heavy atom. The van der Waals surface area contributed by atoms with Gasteiger partial charge >= 0.3 is 12.5 Å². The van der Waals surface area contributed by atoms with E-state index in [9.17, 15) is 17.6 Å². The molecule has 19 heavy (non-hydrogen) atoms. The predicted molar refractivity (Wildman–Crippen MR) is 64.4 cm³/mol. The Morgan fingerprint density at radius 3 is 2.26 bits per heavy atom. The minimum Gasteiger partial charge on any atom is -0.428 e. The van der Waals surface area contributed by atoms with Crippen molar-refractivity contribution in [2.24, 2.45) is 5.73 Å². The molecule has 0 spiro atoms. The van der Waals surface area contributed by atoms with Gasteiger partial charge in [-0.25, -0.2) is 0 Å². The molecular weight excluding hydrogens is 262 g/mol. The molecule has 0 aliphatic carbocycles. The van der Waals surface area contributed by atoms with E-state index in [1.54, 1.807) is 0 Å². The maximum atomic E-state index is 12.7. The van der Waals surface area contributed by atoms with Gasteiger partial charge in [-0.15, -0.1) is 6.58 Å². The third kappa shape index (κ3) is 4.55. The summed E-state index contributed by atoms with van der Waals surface area (Å²) in [5.41, 5.74) is 7.43. The van der Waals surface area contributed by atoms with E-state index in [1.165, 1.54) is 24.3 Å². The van der Waals surface area contributed by atoms with Gasteiger partial charge in [0.1, 0.15) is 5.75 Å². The molecule has 0 unspecified atom stereocenters. The highest BCUT2D eigenvalue weighted by Crippen LogP contribution is 2.28. The fourth-order valence-electron chi connectivity index (χ4n) is 1.48. The Labute approximate surface area is 108 Å². The van der Waals surface area contributed by atoms with Crippen molar-refractivity contribution >= 4 is 0 Å². The number of ether oxygens (including phenoxy) is 1. The summed E-state index contributed by atoms with van der Waals surface area (Å²) in [6.45, 7) is 5.54. The lowest BCUT2D eigenvalue weighted by Gasteiger charge is -2.17. The summed E-state index contributed by atoms with van der Waals surface area (Å²) in [5, 5.41) is 0. The van der Waals surface area contributed by atoms with Crippen LogP contribution in [-0.4, -0.2) is 12.5 Å². The van der Waals surface area contributed by atoms with Crippen molar-refractivity contribution in [1.82, 2.24) is 0 Å². The standard InChI is InChI=1S/C13H15F4NO/c1-8(2)7-11(18)9-3-5-10(6-4-9)19-13(16,17)12(14)15/h3-6,11-12H,1,7,18H2,2H3/t11-/m1/s1. The van der Waals surface area contributed by atoms with Gasteiger partial charge < -0.3 is 10.5 Å². The molecule has 106 valence electrons. The molecule has 0 aromatic heterocycles. The second kappa shape index (κ2) is 6.06. The van der Waals surface area contributed by atoms with Gasteiger partial charge in [0, 0.05) is 6.04 Å². The summed E-state index contributed by atoms with van der Waals surface area (Å²) in [7, 11) is 0. The fourth-order valence-corrected chi connectivity index (χ4v) is 1.48. The third-order valence-corrected chi connectivity index (χ3v) is 2.38. The van der Waals surface area contributed by atoms with Gasteiger partial charge in [0.15, 0.2) is 0 Å². The van der Waals surface area contributed by atoms with E-state index in [-0.39, 0.29) is 11.8 Å². The van der Waals surface area contributed by atoms with Crippen molar-refractivity contribution in [3.8, 4) is 5.75 Å². The van der Waals surface area contributed by atoms with Crippen LogP contribution < -0.4 is 10.5 Å². The number of halogens is 4.